The number of nitrogens with one attached hydrogen (secondary N) is 1. The van der Waals surface area contributed by atoms with Crippen molar-refractivity contribution in [2.24, 2.45) is 0 Å². The second-order valence-corrected chi connectivity index (χ2v) is 6.73. The Labute approximate surface area is 145 Å². The van der Waals surface area contributed by atoms with E-state index in [0.717, 1.165) is 37.2 Å². The zero-order valence-corrected chi connectivity index (χ0v) is 14.2. The van der Waals surface area contributed by atoms with Gasteiger partial charge in [-0.1, -0.05) is 24.3 Å². The standard InChI is InChI=1S/C19H20N2O2S/c22-18(15-8-3-1-4-9-15)20-17(14-16-10-7-13-24-16)19(23)21-11-5-2-6-12-21/h1,3-4,7-10,13-14H,2,5-6,11-12H2,(H,20,22)/b17-14-. The molecule has 24 heavy (non-hydrogen) atoms. The molecule has 1 fully saturated rings. The van der Waals surface area contributed by atoms with Crippen LogP contribution in [0.3, 0.4) is 0 Å². The number of hydrogen-bond donors (Lipinski definition) is 1. The summed E-state index contributed by atoms with van der Waals surface area (Å²) in [6.45, 7) is 1.50. The number of nitrogens with zero attached hydrogens (tertiary/aromatic N) is 1. The van der Waals surface area contributed by atoms with Crippen LogP contribution in [0.4, 0.5) is 0 Å². The Morgan fingerprint density at radius 3 is 2.42 bits per heavy atom. The van der Waals surface area contributed by atoms with Crippen molar-refractivity contribution in [1.82, 2.24) is 10.2 Å². The summed E-state index contributed by atoms with van der Waals surface area (Å²) in [5.74, 6) is -0.365. The van der Waals surface area contributed by atoms with Gasteiger partial charge in [0.1, 0.15) is 5.70 Å². The molecule has 1 saturated heterocycles. The lowest BCUT2D eigenvalue weighted by molar-refractivity contribution is -0.128. The molecular weight excluding hydrogens is 320 g/mol. The zero-order chi connectivity index (χ0) is 16.8. The van der Waals surface area contributed by atoms with Crippen molar-refractivity contribution in [3.8, 4) is 0 Å². The average Bonchev–Trinajstić information content (AvgIpc) is 3.15. The van der Waals surface area contributed by atoms with E-state index in [9.17, 15) is 9.59 Å². The van der Waals surface area contributed by atoms with E-state index in [1.807, 2.05) is 40.6 Å². The van der Waals surface area contributed by atoms with Crippen LogP contribution in [0.5, 0.6) is 0 Å². The van der Waals surface area contributed by atoms with Crippen LogP contribution >= 0.6 is 11.3 Å². The molecule has 1 aliphatic rings. The first-order valence-corrected chi connectivity index (χ1v) is 9.03. The Morgan fingerprint density at radius 1 is 1.00 bits per heavy atom. The SMILES string of the molecule is O=C(N/C(=C\c1cccs1)C(=O)N1CCCCC1)c1ccccc1. The molecule has 1 N–H and O–H groups in total. The van der Waals surface area contributed by atoms with Crippen molar-refractivity contribution in [3.05, 3.63) is 64.0 Å². The van der Waals surface area contributed by atoms with Gasteiger partial charge in [-0.15, -0.1) is 11.3 Å². The molecule has 1 aromatic heterocycles. The molecule has 5 heteroatoms. The Morgan fingerprint density at radius 2 is 1.75 bits per heavy atom. The minimum absolute atomic E-state index is 0.104. The molecular formula is C19H20N2O2S. The van der Waals surface area contributed by atoms with Gasteiger partial charge >= 0.3 is 0 Å². The summed E-state index contributed by atoms with van der Waals surface area (Å²) in [7, 11) is 0. The van der Waals surface area contributed by atoms with Gasteiger partial charge in [0.2, 0.25) is 0 Å². The lowest BCUT2D eigenvalue weighted by Gasteiger charge is -2.27. The maximum atomic E-state index is 12.8. The molecule has 0 bridgehead atoms. The number of benzene rings is 1. The van der Waals surface area contributed by atoms with Crippen molar-refractivity contribution >= 4 is 29.2 Å². The first-order valence-electron chi connectivity index (χ1n) is 8.15. The second-order valence-electron chi connectivity index (χ2n) is 5.75. The number of rotatable bonds is 4. The maximum absolute atomic E-state index is 12.8. The van der Waals surface area contributed by atoms with E-state index >= 15 is 0 Å². The molecule has 1 aromatic carbocycles. The smallest absolute Gasteiger partial charge is 0.270 e. The van der Waals surface area contributed by atoms with Crippen LogP contribution in [0.15, 0.2) is 53.5 Å². The van der Waals surface area contributed by atoms with E-state index in [1.54, 1.807) is 18.2 Å². The number of thiophene rings is 1. The summed E-state index contributed by atoms with van der Waals surface area (Å²) >= 11 is 1.54. The van der Waals surface area contributed by atoms with Gasteiger partial charge in [0.15, 0.2) is 0 Å². The van der Waals surface area contributed by atoms with Crippen LogP contribution in [0, 0.1) is 0 Å². The topological polar surface area (TPSA) is 49.4 Å². The van der Waals surface area contributed by atoms with Crippen LogP contribution in [-0.2, 0) is 4.79 Å². The van der Waals surface area contributed by atoms with Crippen LogP contribution in [-0.4, -0.2) is 29.8 Å². The van der Waals surface area contributed by atoms with E-state index in [1.165, 1.54) is 11.3 Å². The molecule has 4 nitrogen and oxygen atoms in total. The highest BCUT2D eigenvalue weighted by Crippen LogP contribution is 2.17. The predicted octanol–water partition coefficient (Wildman–Crippen LogP) is 3.53. The summed E-state index contributed by atoms with van der Waals surface area (Å²) in [5.41, 5.74) is 0.884. The maximum Gasteiger partial charge on any atom is 0.270 e. The van der Waals surface area contributed by atoms with Gasteiger partial charge in [0.05, 0.1) is 0 Å². The summed E-state index contributed by atoms with van der Waals surface area (Å²) < 4.78 is 0. The van der Waals surface area contributed by atoms with E-state index in [-0.39, 0.29) is 11.8 Å². The number of likely N-dealkylation sites (tertiary alicyclic amines) is 1. The fraction of sp³-hybridized carbons (Fsp3) is 0.263. The minimum atomic E-state index is -0.260. The van der Waals surface area contributed by atoms with Gasteiger partial charge in [0, 0.05) is 23.5 Å². The van der Waals surface area contributed by atoms with Gasteiger partial charge in [-0.05, 0) is 48.9 Å². The van der Waals surface area contributed by atoms with Crippen LogP contribution < -0.4 is 5.32 Å². The number of carbonyl (C=O) groups excluding carboxylic acids is 2. The Balaban J connectivity index is 1.82. The first-order chi connectivity index (χ1) is 11.7. The van der Waals surface area contributed by atoms with E-state index in [4.69, 9.17) is 0 Å². The first kappa shape index (κ1) is 16.5. The Hall–Kier alpha value is -2.40. The molecule has 0 radical (unpaired) electrons. The third-order valence-electron chi connectivity index (χ3n) is 3.99. The fourth-order valence-corrected chi connectivity index (χ4v) is 3.38. The molecule has 1 aliphatic heterocycles. The Kier molecular flexibility index (Phi) is 5.43. The van der Waals surface area contributed by atoms with Crippen molar-refractivity contribution in [2.75, 3.05) is 13.1 Å². The van der Waals surface area contributed by atoms with Crippen LogP contribution in [0.1, 0.15) is 34.5 Å². The van der Waals surface area contributed by atoms with E-state index in [2.05, 4.69) is 5.32 Å². The van der Waals surface area contributed by atoms with Gasteiger partial charge in [0.25, 0.3) is 11.8 Å². The molecule has 0 aliphatic carbocycles. The normalized spacial score (nSPS) is 15.2. The van der Waals surface area contributed by atoms with Gasteiger partial charge < -0.3 is 10.2 Å². The minimum Gasteiger partial charge on any atom is -0.337 e. The second kappa shape index (κ2) is 7.93. The molecule has 0 atom stereocenters. The van der Waals surface area contributed by atoms with Gasteiger partial charge in [-0.2, -0.15) is 0 Å². The molecule has 2 aromatic rings. The summed E-state index contributed by atoms with van der Waals surface area (Å²) in [4.78, 5) is 28.1. The molecule has 3 rings (SSSR count). The van der Waals surface area contributed by atoms with Crippen LogP contribution in [0.25, 0.3) is 6.08 Å². The van der Waals surface area contributed by atoms with Gasteiger partial charge in [-0.25, -0.2) is 0 Å². The number of hydrogen-bond acceptors (Lipinski definition) is 3. The van der Waals surface area contributed by atoms with Gasteiger partial charge in [-0.3, -0.25) is 9.59 Å². The highest BCUT2D eigenvalue weighted by molar-refractivity contribution is 7.10. The summed E-state index contributed by atoms with van der Waals surface area (Å²) in [6.07, 6.45) is 4.96. The molecule has 2 heterocycles. The molecule has 0 saturated carbocycles. The Bertz CT molecular complexity index is 717. The number of carbonyl (C=O) groups is 2. The number of amides is 2. The zero-order valence-electron chi connectivity index (χ0n) is 13.4. The number of piperidine rings is 1. The van der Waals surface area contributed by atoms with Crippen molar-refractivity contribution < 1.29 is 9.59 Å². The van der Waals surface area contributed by atoms with E-state index in [0.29, 0.717) is 11.3 Å². The van der Waals surface area contributed by atoms with Crippen molar-refractivity contribution in [2.45, 2.75) is 19.3 Å². The summed E-state index contributed by atoms with van der Waals surface area (Å²) in [6, 6.07) is 12.8. The lowest BCUT2D eigenvalue weighted by Crippen LogP contribution is -2.41. The lowest BCUT2D eigenvalue weighted by atomic mass is 10.1. The van der Waals surface area contributed by atoms with Crippen molar-refractivity contribution in [1.29, 1.82) is 0 Å². The average molecular weight is 340 g/mol. The predicted molar refractivity (Wildman–Crippen MR) is 96.6 cm³/mol. The highest BCUT2D eigenvalue weighted by Gasteiger charge is 2.22. The van der Waals surface area contributed by atoms with Crippen molar-refractivity contribution in [3.63, 3.8) is 0 Å². The third kappa shape index (κ3) is 4.11. The third-order valence-corrected chi connectivity index (χ3v) is 4.81. The summed E-state index contributed by atoms with van der Waals surface area (Å²) in [5, 5.41) is 4.76. The molecule has 0 unspecified atom stereocenters. The fourth-order valence-electron chi connectivity index (χ4n) is 2.72. The quantitative estimate of drug-likeness (QED) is 0.866. The molecule has 124 valence electrons. The monoisotopic (exact) mass is 340 g/mol. The molecule has 2 amide bonds. The van der Waals surface area contributed by atoms with E-state index < -0.39 is 0 Å². The van der Waals surface area contributed by atoms with Crippen LogP contribution in [0.2, 0.25) is 0 Å². The highest BCUT2D eigenvalue weighted by atomic mass is 32.1. The molecule has 0 spiro atoms. The largest absolute Gasteiger partial charge is 0.337 e.